The van der Waals surface area contributed by atoms with E-state index in [4.69, 9.17) is 5.73 Å². The van der Waals surface area contributed by atoms with Gasteiger partial charge in [0.05, 0.1) is 0 Å². The topological polar surface area (TPSA) is 29.3 Å². The summed E-state index contributed by atoms with van der Waals surface area (Å²) in [4.78, 5) is 2.14. The van der Waals surface area contributed by atoms with Crippen molar-refractivity contribution in [2.45, 2.75) is 19.3 Å². The van der Waals surface area contributed by atoms with Crippen LogP contribution in [0.5, 0.6) is 0 Å². The van der Waals surface area contributed by atoms with Crippen molar-refractivity contribution < 1.29 is 4.39 Å². The molecule has 1 aliphatic rings. The van der Waals surface area contributed by atoms with Gasteiger partial charge in [0.2, 0.25) is 0 Å². The van der Waals surface area contributed by atoms with Crippen LogP contribution in [0.3, 0.4) is 0 Å². The van der Waals surface area contributed by atoms with Crippen LogP contribution in [-0.4, -0.2) is 31.1 Å². The molecule has 0 aromatic heterocycles. The highest BCUT2D eigenvalue weighted by molar-refractivity contribution is 4.98. The SMILES string of the molecule is NCCCCN1CCC=C(F)C1. The molecule has 70 valence electrons. The number of halogens is 1. The van der Waals surface area contributed by atoms with Gasteiger partial charge in [-0.1, -0.05) is 6.08 Å². The third-order valence-corrected chi connectivity index (χ3v) is 2.11. The quantitative estimate of drug-likeness (QED) is 0.647. The van der Waals surface area contributed by atoms with Crippen LogP contribution in [0.25, 0.3) is 0 Å². The fourth-order valence-corrected chi connectivity index (χ4v) is 1.43. The van der Waals surface area contributed by atoms with Crippen LogP contribution >= 0.6 is 0 Å². The summed E-state index contributed by atoms with van der Waals surface area (Å²) >= 11 is 0. The van der Waals surface area contributed by atoms with E-state index in [9.17, 15) is 4.39 Å². The van der Waals surface area contributed by atoms with Gasteiger partial charge in [-0.3, -0.25) is 4.90 Å². The molecule has 0 bridgehead atoms. The minimum atomic E-state index is 0.0222. The van der Waals surface area contributed by atoms with Gasteiger partial charge >= 0.3 is 0 Å². The zero-order chi connectivity index (χ0) is 8.81. The molecule has 0 saturated carbocycles. The number of hydrogen-bond donors (Lipinski definition) is 1. The first-order valence-electron chi connectivity index (χ1n) is 4.60. The summed E-state index contributed by atoms with van der Waals surface area (Å²) in [6.45, 7) is 3.23. The van der Waals surface area contributed by atoms with Crippen molar-refractivity contribution in [2.75, 3.05) is 26.2 Å². The molecule has 0 spiro atoms. The molecule has 0 aliphatic carbocycles. The molecule has 1 rings (SSSR count). The average molecular weight is 172 g/mol. The van der Waals surface area contributed by atoms with Gasteiger partial charge in [0.15, 0.2) is 0 Å². The van der Waals surface area contributed by atoms with Gasteiger partial charge in [-0.05, 0) is 32.4 Å². The highest BCUT2D eigenvalue weighted by atomic mass is 19.1. The van der Waals surface area contributed by atoms with Crippen LogP contribution in [0.2, 0.25) is 0 Å². The first-order valence-corrected chi connectivity index (χ1v) is 4.60. The van der Waals surface area contributed by atoms with E-state index in [1.54, 1.807) is 6.08 Å². The Kier molecular flexibility index (Phi) is 4.25. The molecular formula is C9H17FN2. The third kappa shape index (κ3) is 3.32. The lowest BCUT2D eigenvalue weighted by Gasteiger charge is -2.23. The summed E-state index contributed by atoms with van der Waals surface area (Å²) in [5.74, 6) is 0.0222. The monoisotopic (exact) mass is 172 g/mol. The predicted molar refractivity (Wildman–Crippen MR) is 48.5 cm³/mol. The molecule has 2 nitrogen and oxygen atoms in total. The van der Waals surface area contributed by atoms with Gasteiger partial charge in [0.25, 0.3) is 0 Å². The number of hydrogen-bond acceptors (Lipinski definition) is 2. The van der Waals surface area contributed by atoms with Crippen LogP contribution in [0.15, 0.2) is 11.9 Å². The minimum Gasteiger partial charge on any atom is -0.330 e. The van der Waals surface area contributed by atoms with Crippen molar-refractivity contribution in [3.05, 3.63) is 11.9 Å². The summed E-state index contributed by atoms with van der Waals surface area (Å²) in [7, 11) is 0. The normalized spacial score (nSPS) is 19.3. The fraction of sp³-hybridized carbons (Fsp3) is 0.778. The van der Waals surface area contributed by atoms with Gasteiger partial charge in [-0.2, -0.15) is 0 Å². The lowest BCUT2D eigenvalue weighted by molar-refractivity contribution is 0.262. The Morgan fingerprint density at radius 1 is 1.50 bits per heavy atom. The summed E-state index contributed by atoms with van der Waals surface area (Å²) in [6.07, 6.45) is 4.67. The van der Waals surface area contributed by atoms with Gasteiger partial charge in [0.1, 0.15) is 5.83 Å². The third-order valence-electron chi connectivity index (χ3n) is 2.11. The maximum atomic E-state index is 12.7. The molecule has 2 N–H and O–H groups in total. The van der Waals surface area contributed by atoms with Crippen molar-refractivity contribution in [2.24, 2.45) is 5.73 Å². The Hall–Kier alpha value is -0.410. The van der Waals surface area contributed by atoms with Crippen LogP contribution in [0.1, 0.15) is 19.3 Å². The predicted octanol–water partition coefficient (Wildman–Crippen LogP) is 1.28. The Morgan fingerprint density at radius 2 is 2.33 bits per heavy atom. The van der Waals surface area contributed by atoms with Gasteiger partial charge in [-0.15, -0.1) is 0 Å². The molecule has 0 aromatic rings. The summed E-state index contributed by atoms with van der Waals surface area (Å²) in [5.41, 5.74) is 5.37. The molecule has 0 unspecified atom stereocenters. The van der Waals surface area contributed by atoms with Crippen molar-refractivity contribution in [3.8, 4) is 0 Å². The lowest BCUT2D eigenvalue weighted by Crippen LogP contribution is -2.30. The smallest absolute Gasteiger partial charge is 0.110 e. The zero-order valence-corrected chi connectivity index (χ0v) is 7.43. The second kappa shape index (κ2) is 5.27. The van der Waals surface area contributed by atoms with Gasteiger partial charge in [0, 0.05) is 13.1 Å². The Morgan fingerprint density at radius 3 is 3.00 bits per heavy atom. The largest absolute Gasteiger partial charge is 0.330 e. The number of nitrogens with zero attached hydrogens (tertiary/aromatic N) is 1. The summed E-state index contributed by atoms with van der Waals surface area (Å²) in [5, 5.41) is 0. The van der Waals surface area contributed by atoms with E-state index in [2.05, 4.69) is 4.90 Å². The molecule has 0 radical (unpaired) electrons. The van der Waals surface area contributed by atoms with Crippen LogP contribution in [-0.2, 0) is 0 Å². The minimum absolute atomic E-state index is 0.0222. The maximum absolute atomic E-state index is 12.7. The molecule has 1 aliphatic heterocycles. The van der Waals surface area contributed by atoms with E-state index < -0.39 is 0 Å². The van der Waals surface area contributed by atoms with Crippen molar-refractivity contribution in [1.29, 1.82) is 0 Å². The first-order chi connectivity index (χ1) is 5.83. The maximum Gasteiger partial charge on any atom is 0.110 e. The number of unbranched alkanes of at least 4 members (excludes halogenated alkanes) is 1. The average Bonchev–Trinajstić information content (AvgIpc) is 2.05. The van der Waals surface area contributed by atoms with Crippen LogP contribution in [0.4, 0.5) is 4.39 Å². The van der Waals surface area contributed by atoms with Gasteiger partial charge < -0.3 is 5.73 Å². The standard InChI is InChI=1S/C9H17FN2/c10-9-4-3-7-12(8-9)6-2-1-5-11/h4H,1-3,5-8,11H2. The Labute approximate surface area is 73.2 Å². The molecule has 3 heteroatoms. The fourth-order valence-electron chi connectivity index (χ4n) is 1.43. The zero-order valence-electron chi connectivity index (χ0n) is 7.43. The molecule has 12 heavy (non-hydrogen) atoms. The Balaban J connectivity index is 2.13. The van der Waals surface area contributed by atoms with Crippen molar-refractivity contribution in [1.82, 2.24) is 4.90 Å². The highest BCUT2D eigenvalue weighted by Crippen LogP contribution is 2.10. The van der Waals surface area contributed by atoms with E-state index in [0.717, 1.165) is 38.9 Å². The van der Waals surface area contributed by atoms with Crippen molar-refractivity contribution >= 4 is 0 Å². The molecule has 0 saturated heterocycles. The van der Waals surface area contributed by atoms with Gasteiger partial charge in [-0.25, -0.2) is 4.39 Å². The van der Waals surface area contributed by atoms with E-state index in [0.29, 0.717) is 6.54 Å². The van der Waals surface area contributed by atoms with E-state index in [1.165, 1.54) is 0 Å². The number of rotatable bonds is 4. The summed E-state index contributed by atoms with van der Waals surface area (Å²) < 4.78 is 12.7. The second-order valence-electron chi connectivity index (χ2n) is 3.21. The highest BCUT2D eigenvalue weighted by Gasteiger charge is 2.10. The molecule has 0 aromatic carbocycles. The Bertz CT molecular complexity index is 157. The number of nitrogens with two attached hydrogens (primary N) is 1. The van der Waals surface area contributed by atoms with Crippen LogP contribution < -0.4 is 5.73 Å². The molecular weight excluding hydrogens is 155 g/mol. The van der Waals surface area contributed by atoms with E-state index in [1.807, 2.05) is 0 Å². The summed E-state index contributed by atoms with van der Waals surface area (Å²) in [6, 6.07) is 0. The first kappa shape index (κ1) is 9.68. The molecule has 0 fully saturated rings. The van der Waals surface area contributed by atoms with Crippen LogP contribution in [0, 0.1) is 0 Å². The second-order valence-corrected chi connectivity index (χ2v) is 3.21. The van der Waals surface area contributed by atoms with Crippen molar-refractivity contribution in [3.63, 3.8) is 0 Å². The molecule has 0 amide bonds. The molecule has 0 atom stereocenters. The molecule has 1 heterocycles. The van der Waals surface area contributed by atoms with E-state index in [-0.39, 0.29) is 5.83 Å². The lowest BCUT2D eigenvalue weighted by atomic mass is 10.2. The van der Waals surface area contributed by atoms with E-state index >= 15 is 0 Å².